The third kappa shape index (κ3) is 4.44. The van der Waals surface area contributed by atoms with E-state index in [9.17, 15) is 4.39 Å². The van der Waals surface area contributed by atoms with Crippen molar-refractivity contribution in [3.05, 3.63) is 72.4 Å². The number of rotatable bonds is 7. The monoisotopic (exact) mass is 521 g/mol. The zero-order valence-corrected chi connectivity index (χ0v) is 21.6. The number of halogens is 1. The smallest absolute Gasteiger partial charge is 0.127 e. The van der Waals surface area contributed by atoms with Gasteiger partial charge in [0.25, 0.3) is 0 Å². The minimum Gasteiger partial charge on any atom is -0.492 e. The van der Waals surface area contributed by atoms with Crippen molar-refractivity contribution in [2.24, 2.45) is 0 Å². The van der Waals surface area contributed by atoms with Gasteiger partial charge >= 0.3 is 0 Å². The molecule has 0 saturated carbocycles. The summed E-state index contributed by atoms with van der Waals surface area (Å²) in [5, 5.41) is 16.7. The first-order valence-corrected chi connectivity index (χ1v) is 13.2. The second kappa shape index (κ2) is 9.67. The van der Waals surface area contributed by atoms with Gasteiger partial charge in [-0.3, -0.25) is 20.1 Å². The Morgan fingerprint density at radius 1 is 0.974 bits per heavy atom. The predicted molar refractivity (Wildman–Crippen MR) is 150 cm³/mol. The number of hydrogen-bond donors (Lipinski definition) is 3. The Hall–Kier alpha value is -4.50. The number of pyridine rings is 1. The van der Waals surface area contributed by atoms with Crippen LogP contribution in [-0.4, -0.2) is 61.5 Å². The van der Waals surface area contributed by atoms with Gasteiger partial charge in [0.1, 0.15) is 23.9 Å². The van der Waals surface area contributed by atoms with Gasteiger partial charge in [-0.05, 0) is 80.4 Å². The molecular formula is C30H28FN7O. The highest BCUT2D eigenvalue weighted by Crippen LogP contribution is 2.36. The lowest BCUT2D eigenvalue weighted by Gasteiger charge is -2.15. The number of aryl methyl sites for hydroxylation is 1. The molecule has 8 nitrogen and oxygen atoms in total. The molecule has 4 aromatic heterocycles. The first kappa shape index (κ1) is 23.6. The molecule has 2 aromatic carbocycles. The van der Waals surface area contributed by atoms with E-state index < -0.39 is 0 Å². The summed E-state index contributed by atoms with van der Waals surface area (Å²) >= 11 is 0. The zero-order chi connectivity index (χ0) is 26.3. The van der Waals surface area contributed by atoms with Crippen molar-refractivity contribution >= 4 is 21.8 Å². The van der Waals surface area contributed by atoms with Crippen LogP contribution in [0.15, 0.2) is 61.1 Å². The molecule has 7 rings (SSSR count). The van der Waals surface area contributed by atoms with Crippen molar-refractivity contribution in [1.29, 1.82) is 0 Å². The summed E-state index contributed by atoms with van der Waals surface area (Å²) in [7, 11) is 0. The number of nitrogens with zero attached hydrogens (tertiary/aromatic N) is 4. The number of H-pyrrole nitrogens is 3. The molecule has 39 heavy (non-hydrogen) atoms. The number of likely N-dealkylation sites (tertiary alicyclic amines) is 1. The predicted octanol–water partition coefficient (Wildman–Crippen LogP) is 6.09. The summed E-state index contributed by atoms with van der Waals surface area (Å²) in [5.41, 5.74) is 8.12. The van der Waals surface area contributed by atoms with E-state index in [1.807, 2.05) is 30.6 Å². The van der Waals surface area contributed by atoms with Crippen LogP contribution in [0.2, 0.25) is 0 Å². The Kier molecular flexibility index (Phi) is 5.85. The Morgan fingerprint density at radius 3 is 2.69 bits per heavy atom. The number of nitrogens with one attached hydrogen (secondary N) is 3. The fourth-order valence-corrected chi connectivity index (χ4v) is 5.58. The average Bonchev–Trinajstić information content (AvgIpc) is 3.74. The molecule has 0 spiro atoms. The largest absolute Gasteiger partial charge is 0.492 e. The average molecular weight is 522 g/mol. The Morgan fingerprint density at radius 2 is 1.85 bits per heavy atom. The van der Waals surface area contributed by atoms with Crippen LogP contribution in [0, 0.1) is 12.7 Å². The SMILES string of the molecule is Cc1cc2[nH]nc(-c3cc4c(-c5cc(F)cc(OCCN6CCCC6)c5)nccc4[nH]3)c2cc1-c1cn[nH]c1. The molecule has 0 atom stereocenters. The quantitative estimate of drug-likeness (QED) is 0.236. The lowest BCUT2D eigenvalue weighted by atomic mass is 10.00. The molecule has 196 valence electrons. The van der Waals surface area contributed by atoms with E-state index in [4.69, 9.17) is 4.74 Å². The molecule has 0 bridgehead atoms. The highest BCUT2D eigenvalue weighted by Gasteiger charge is 2.17. The van der Waals surface area contributed by atoms with Gasteiger partial charge in [-0.1, -0.05) is 0 Å². The summed E-state index contributed by atoms with van der Waals surface area (Å²) < 4.78 is 20.6. The van der Waals surface area contributed by atoms with E-state index in [0.29, 0.717) is 23.6 Å². The summed E-state index contributed by atoms with van der Waals surface area (Å²) in [5.74, 6) is 0.165. The van der Waals surface area contributed by atoms with Gasteiger partial charge in [-0.25, -0.2) is 4.39 Å². The van der Waals surface area contributed by atoms with E-state index in [0.717, 1.165) is 69.5 Å². The van der Waals surface area contributed by atoms with Crippen molar-refractivity contribution in [3.8, 4) is 39.5 Å². The van der Waals surface area contributed by atoms with Gasteiger partial charge in [0.15, 0.2) is 0 Å². The molecule has 1 aliphatic rings. The normalized spacial score (nSPS) is 14.1. The van der Waals surface area contributed by atoms with Crippen LogP contribution in [0.3, 0.4) is 0 Å². The number of aromatic nitrogens is 6. The molecule has 9 heteroatoms. The van der Waals surface area contributed by atoms with Gasteiger partial charge < -0.3 is 9.72 Å². The number of hydrogen-bond acceptors (Lipinski definition) is 5. The molecule has 1 saturated heterocycles. The highest BCUT2D eigenvalue weighted by atomic mass is 19.1. The second-order valence-electron chi connectivity index (χ2n) is 10.1. The fraction of sp³-hybridized carbons (Fsp3) is 0.233. The standard InChI is InChI=1S/C30H28FN7O/c1-18-10-27-24(14-23(18)20-16-33-34-17-20)30(37-36-27)28-15-25-26(35-28)4-5-32-29(25)19-11-21(31)13-22(12-19)39-9-8-38-6-2-3-7-38/h4-5,10-17,35H,2-3,6-9H2,1H3,(H,33,34)(H,36,37). The number of fused-ring (bicyclic) bond motifs is 2. The van der Waals surface area contributed by atoms with Crippen LogP contribution in [0.5, 0.6) is 5.75 Å². The van der Waals surface area contributed by atoms with E-state index in [2.05, 4.69) is 54.3 Å². The van der Waals surface area contributed by atoms with E-state index in [1.54, 1.807) is 6.20 Å². The summed E-state index contributed by atoms with van der Waals surface area (Å²) in [6, 6.07) is 13.0. The Bertz CT molecular complexity index is 1780. The molecule has 0 unspecified atom stereocenters. The van der Waals surface area contributed by atoms with Crippen LogP contribution < -0.4 is 4.74 Å². The molecule has 1 fully saturated rings. The van der Waals surface area contributed by atoms with Crippen LogP contribution in [0.1, 0.15) is 18.4 Å². The lowest BCUT2D eigenvalue weighted by Crippen LogP contribution is -2.25. The molecule has 1 aliphatic heterocycles. The van der Waals surface area contributed by atoms with Gasteiger partial charge in [-0.15, -0.1) is 0 Å². The lowest BCUT2D eigenvalue weighted by molar-refractivity contribution is 0.237. The molecule has 6 aromatic rings. The summed E-state index contributed by atoms with van der Waals surface area (Å²) in [4.78, 5) is 10.5. The second-order valence-corrected chi connectivity index (χ2v) is 10.1. The van der Waals surface area contributed by atoms with Gasteiger partial charge in [0.05, 0.1) is 23.1 Å². The topological polar surface area (TPSA) is 98.5 Å². The number of ether oxygens (including phenoxy) is 1. The number of aromatic amines is 3. The van der Waals surface area contributed by atoms with Crippen LogP contribution in [0.4, 0.5) is 4.39 Å². The first-order valence-electron chi connectivity index (χ1n) is 13.2. The fourth-order valence-electron chi connectivity index (χ4n) is 5.58. The van der Waals surface area contributed by atoms with E-state index in [1.165, 1.54) is 25.0 Å². The van der Waals surface area contributed by atoms with E-state index in [-0.39, 0.29) is 5.82 Å². The molecule has 5 heterocycles. The zero-order valence-electron chi connectivity index (χ0n) is 21.6. The summed E-state index contributed by atoms with van der Waals surface area (Å²) in [6.07, 6.45) is 7.91. The van der Waals surface area contributed by atoms with Crippen LogP contribution >= 0.6 is 0 Å². The maximum Gasteiger partial charge on any atom is 0.127 e. The van der Waals surface area contributed by atoms with Crippen molar-refractivity contribution in [2.75, 3.05) is 26.2 Å². The molecule has 0 aliphatic carbocycles. The summed E-state index contributed by atoms with van der Waals surface area (Å²) in [6.45, 7) is 5.66. The van der Waals surface area contributed by atoms with Crippen molar-refractivity contribution in [1.82, 2.24) is 35.3 Å². The van der Waals surface area contributed by atoms with Crippen LogP contribution in [0.25, 0.3) is 55.6 Å². The highest BCUT2D eigenvalue weighted by molar-refractivity contribution is 6.01. The Labute approximate surface area is 224 Å². The first-order chi connectivity index (χ1) is 19.1. The minimum absolute atomic E-state index is 0.348. The van der Waals surface area contributed by atoms with E-state index >= 15 is 0 Å². The maximum atomic E-state index is 14.7. The van der Waals surface area contributed by atoms with Crippen LogP contribution in [-0.2, 0) is 0 Å². The van der Waals surface area contributed by atoms with Gasteiger partial charge in [0.2, 0.25) is 0 Å². The minimum atomic E-state index is -0.348. The molecule has 0 amide bonds. The maximum absolute atomic E-state index is 14.7. The molecule has 3 N–H and O–H groups in total. The molecular weight excluding hydrogens is 493 g/mol. The Balaban J connectivity index is 1.24. The van der Waals surface area contributed by atoms with Crippen molar-refractivity contribution in [3.63, 3.8) is 0 Å². The van der Waals surface area contributed by atoms with Gasteiger partial charge in [-0.2, -0.15) is 10.2 Å². The van der Waals surface area contributed by atoms with Crippen molar-refractivity contribution < 1.29 is 9.13 Å². The van der Waals surface area contributed by atoms with Crippen molar-refractivity contribution in [2.45, 2.75) is 19.8 Å². The molecule has 0 radical (unpaired) electrons. The third-order valence-corrected chi connectivity index (χ3v) is 7.54. The van der Waals surface area contributed by atoms with Gasteiger partial charge in [0, 0.05) is 52.4 Å². The third-order valence-electron chi connectivity index (χ3n) is 7.54. The number of benzene rings is 2.